The average molecular weight is 289 g/mol. The van der Waals surface area contributed by atoms with Crippen molar-refractivity contribution in [2.24, 2.45) is 0 Å². The minimum Gasteiger partial charge on any atom is -0.360 e. The third kappa shape index (κ3) is 2.29. The molecule has 3 rings (SSSR count). The largest absolute Gasteiger partial charge is 0.360 e. The van der Waals surface area contributed by atoms with E-state index in [1.165, 1.54) is 0 Å². The summed E-state index contributed by atoms with van der Waals surface area (Å²) in [5.74, 6) is 1.29. The van der Waals surface area contributed by atoms with Crippen LogP contribution in [0.3, 0.4) is 0 Å². The van der Waals surface area contributed by atoms with Crippen molar-refractivity contribution < 1.29 is 0 Å². The number of rotatable bonds is 4. The minimum absolute atomic E-state index is 0.0754. The first-order valence-corrected chi connectivity index (χ1v) is 7.12. The Balaban J connectivity index is 1.95. The molecule has 0 aromatic carbocycles. The number of aryl methyl sites for hydroxylation is 1. The molecule has 3 aromatic heterocycles. The molecular weight excluding hydrogens is 274 g/mol. The molecule has 0 aliphatic heterocycles. The number of aromatic nitrogens is 5. The van der Waals surface area contributed by atoms with E-state index >= 15 is 0 Å². The van der Waals surface area contributed by atoms with Crippen molar-refractivity contribution in [3.8, 4) is 0 Å². The smallest absolute Gasteiger partial charge is 0.226 e. The summed E-state index contributed by atoms with van der Waals surface area (Å²) in [5, 5.41) is 17.1. The van der Waals surface area contributed by atoms with Crippen LogP contribution in [0.4, 0.5) is 11.8 Å². The predicted molar refractivity (Wildman–Crippen MR) is 80.1 cm³/mol. The van der Waals surface area contributed by atoms with Gasteiger partial charge in [0.2, 0.25) is 5.95 Å². The Labute approximate surface area is 119 Å². The van der Waals surface area contributed by atoms with Crippen LogP contribution in [0.2, 0.25) is 0 Å². The number of fused-ring (bicyclic) bond motifs is 1. The van der Waals surface area contributed by atoms with Gasteiger partial charge < -0.3 is 10.6 Å². The van der Waals surface area contributed by atoms with Gasteiger partial charge in [-0.3, -0.25) is 5.10 Å². The highest BCUT2D eigenvalue weighted by atomic mass is 32.1. The molecule has 0 saturated heterocycles. The predicted octanol–water partition coefficient (Wildman–Crippen LogP) is 2.33. The molecule has 0 aliphatic rings. The van der Waals surface area contributed by atoms with Crippen molar-refractivity contribution in [3.63, 3.8) is 0 Å². The first-order valence-electron chi connectivity index (χ1n) is 6.25. The lowest BCUT2D eigenvalue weighted by Gasteiger charge is -2.13. The van der Waals surface area contributed by atoms with Crippen molar-refractivity contribution in [1.29, 1.82) is 0 Å². The quantitative estimate of drug-likeness (QED) is 0.683. The van der Waals surface area contributed by atoms with Gasteiger partial charge in [0.1, 0.15) is 10.8 Å². The average Bonchev–Trinajstić information content (AvgIpc) is 3.06. The lowest BCUT2D eigenvalue weighted by atomic mass is 10.3. The number of H-pyrrole nitrogens is 1. The monoisotopic (exact) mass is 289 g/mol. The molecule has 0 spiro atoms. The molecule has 3 aromatic rings. The van der Waals surface area contributed by atoms with Crippen LogP contribution in [0.1, 0.15) is 23.7 Å². The van der Waals surface area contributed by atoms with Gasteiger partial charge in [0.05, 0.1) is 17.6 Å². The zero-order valence-electron chi connectivity index (χ0n) is 11.4. The van der Waals surface area contributed by atoms with E-state index in [0.717, 1.165) is 21.9 Å². The Morgan fingerprint density at radius 1 is 1.30 bits per heavy atom. The summed E-state index contributed by atoms with van der Waals surface area (Å²) in [6, 6.07) is 0.0754. The summed E-state index contributed by atoms with van der Waals surface area (Å²) in [7, 11) is 1.79. The van der Waals surface area contributed by atoms with E-state index < -0.39 is 0 Å². The van der Waals surface area contributed by atoms with Gasteiger partial charge in [0, 0.05) is 18.1 Å². The second kappa shape index (κ2) is 5.04. The summed E-state index contributed by atoms with van der Waals surface area (Å²) in [6.45, 7) is 4.05. The van der Waals surface area contributed by atoms with Gasteiger partial charge in [-0.25, -0.2) is 4.98 Å². The third-order valence-electron chi connectivity index (χ3n) is 2.89. The van der Waals surface area contributed by atoms with E-state index in [-0.39, 0.29) is 6.04 Å². The molecule has 0 saturated carbocycles. The van der Waals surface area contributed by atoms with Crippen LogP contribution in [0.25, 0.3) is 11.0 Å². The SMILES string of the molecule is CNc1nc(NC(C)c2nc(C)cs2)c2cn[nH]c2n1. The maximum Gasteiger partial charge on any atom is 0.226 e. The first-order chi connectivity index (χ1) is 9.67. The summed E-state index contributed by atoms with van der Waals surface area (Å²) in [5.41, 5.74) is 1.74. The fraction of sp³-hybridized carbons (Fsp3) is 0.333. The van der Waals surface area contributed by atoms with Gasteiger partial charge in [0.25, 0.3) is 0 Å². The maximum atomic E-state index is 4.49. The van der Waals surface area contributed by atoms with Crippen LogP contribution in [-0.2, 0) is 0 Å². The summed E-state index contributed by atoms with van der Waals surface area (Å²) >= 11 is 1.64. The number of nitrogens with zero attached hydrogens (tertiary/aromatic N) is 4. The van der Waals surface area contributed by atoms with E-state index in [0.29, 0.717) is 11.6 Å². The van der Waals surface area contributed by atoms with Crippen LogP contribution in [-0.4, -0.2) is 32.2 Å². The zero-order chi connectivity index (χ0) is 14.1. The molecule has 0 radical (unpaired) electrons. The van der Waals surface area contributed by atoms with Gasteiger partial charge >= 0.3 is 0 Å². The fourth-order valence-electron chi connectivity index (χ4n) is 1.89. The van der Waals surface area contributed by atoms with Gasteiger partial charge in [-0.15, -0.1) is 11.3 Å². The molecular formula is C12H15N7S. The van der Waals surface area contributed by atoms with E-state index in [1.54, 1.807) is 24.6 Å². The molecule has 1 unspecified atom stereocenters. The highest BCUT2D eigenvalue weighted by Crippen LogP contribution is 2.26. The lowest BCUT2D eigenvalue weighted by Crippen LogP contribution is -2.09. The van der Waals surface area contributed by atoms with Gasteiger partial charge in [-0.05, 0) is 13.8 Å². The van der Waals surface area contributed by atoms with Crippen molar-refractivity contribution in [2.45, 2.75) is 19.9 Å². The van der Waals surface area contributed by atoms with Crippen molar-refractivity contribution in [2.75, 3.05) is 17.7 Å². The van der Waals surface area contributed by atoms with E-state index in [2.05, 4.69) is 42.7 Å². The highest BCUT2D eigenvalue weighted by Gasteiger charge is 2.14. The number of hydrogen-bond acceptors (Lipinski definition) is 7. The molecule has 104 valence electrons. The summed E-state index contributed by atoms with van der Waals surface area (Å²) < 4.78 is 0. The summed E-state index contributed by atoms with van der Waals surface area (Å²) in [4.78, 5) is 13.2. The van der Waals surface area contributed by atoms with Crippen molar-refractivity contribution >= 4 is 34.1 Å². The molecule has 0 bridgehead atoms. The van der Waals surface area contributed by atoms with Crippen molar-refractivity contribution in [3.05, 3.63) is 22.3 Å². The number of anilines is 2. The normalized spacial score (nSPS) is 12.6. The molecule has 8 heteroatoms. The van der Waals surface area contributed by atoms with Crippen LogP contribution >= 0.6 is 11.3 Å². The second-order valence-electron chi connectivity index (χ2n) is 4.47. The molecule has 0 amide bonds. The van der Waals surface area contributed by atoms with Crippen LogP contribution in [0.5, 0.6) is 0 Å². The lowest BCUT2D eigenvalue weighted by molar-refractivity contribution is 0.857. The third-order valence-corrected chi connectivity index (χ3v) is 4.04. The minimum atomic E-state index is 0.0754. The number of nitrogens with one attached hydrogen (secondary N) is 3. The molecule has 7 nitrogen and oxygen atoms in total. The fourth-order valence-corrected chi connectivity index (χ4v) is 2.70. The van der Waals surface area contributed by atoms with Gasteiger partial charge in [0.15, 0.2) is 5.65 Å². The number of aromatic amines is 1. The highest BCUT2D eigenvalue weighted by molar-refractivity contribution is 7.09. The van der Waals surface area contributed by atoms with Crippen LogP contribution in [0, 0.1) is 6.92 Å². The van der Waals surface area contributed by atoms with E-state index in [4.69, 9.17) is 0 Å². The van der Waals surface area contributed by atoms with E-state index in [1.807, 2.05) is 12.3 Å². The Hall–Kier alpha value is -2.22. The van der Waals surface area contributed by atoms with Gasteiger partial charge in [-0.1, -0.05) is 0 Å². The van der Waals surface area contributed by atoms with Crippen LogP contribution < -0.4 is 10.6 Å². The number of hydrogen-bond donors (Lipinski definition) is 3. The van der Waals surface area contributed by atoms with Crippen molar-refractivity contribution in [1.82, 2.24) is 25.1 Å². The Morgan fingerprint density at radius 2 is 2.15 bits per heavy atom. The molecule has 3 heterocycles. The summed E-state index contributed by atoms with van der Waals surface area (Å²) in [6.07, 6.45) is 1.72. The maximum absolute atomic E-state index is 4.49. The Bertz CT molecular complexity index is 732. The first kappa shape index (κ1) is 12.8. The molecule has 0 fully saturated rings. The second-order valence-corrected chi connectivity index (χ2v) is 5.36. The van der Waals surface area contributed by atoms with Gasteiger partial charge in [-0.2, -0.15) is 15.1 Å². The standard InChI is InChI=1S/C12H15N7S/c1-6-5-20-11(15-6)7(2)16-9-8-4-14-19-10(8)18-12(13-3)17-9/h4-5,7H,1-3H3,(H3,13,14,16,17,18,19). The zero-order valence-corrected chi connectivity index (χ0v) is 12.2. The molecule has 3 N–H and O–H groups in total. The topological polar surface area (TPSA) is 91.4 Å². The molecule has 20 heavy (non-hydrogen) atoms. The Morgan fingerprint density at radius 3 is 2.85 bits per heavy atom. The number of thiazole rings is 1. The molecule has 0 aliphatic carbocycles. The van der Waals surface area contributed by atoms with Crippen LogP contribution in [0.15, 0.2) is 11.6 Å². The van der Waals surface area contributed by atoms with E-state index in [9.17, 15) is 0 Å². The Kier molecular flexibility index (Phi) is 3.23. The molecule has 1 atom stereocenters.